The number of carbonyl (C=O) groups excluding carboxylic acids is 5. The molecule has 9 N–H and O–H groups in total. The number of aromatic nitrogens is 8. The SMILES string of the molecule is CC.CCn1nc(C)cc1C(=O)Nc1nc2cc(C(N)=O)cc(OC)c2n1C/C=C/Cn1c(NC)nc2cc(C(N)=O)cc(OC(C)(C)C(C)(C)C)c21.CCn1nc(C)cc1C=O.NNC=O. The minimum atomic E-state index is -0.636. The third-order valence-corrected chi connectivity index (χ3v) is 10.6. The molecule has 0 bridgehead atoms. The van der Waals surface area contributed by atoms with Crippen molar-refractivity contribution in [1.29, 1.82) is 0 Å². The lowest BCUT2D eigenvalue weighted by molar-refractivity contribution is -0.109. The van der Waals surface area contributed by atoms with Crippen LogP contribution in [0.5, 0.6) is 11.5 Å². The van der Waals surface area contributed by atoms with Gasteiger partial charge in [-0.05, 0) is 77.9 Å². The van der Waals surface area contributed by atoms with E-state index in [-0.39, 0.29) is 29.0 Å². The highest BCUT2D eigenvalue weighted by Gasteiger charge is 2.36. The van der Waals surface area contributed by atoms with Crippen LogP contribution < -0.4 is 42.8 Å². The van der Waals surface area contributed by atoms with Crippen LogP contribution in [0.4, 0.5) is 11.9 Å². The molecule has 0 radical (unpaired) electrons. The van der Waals surface area contributed by atoms with Gasteiger partial charge >= 0.3 is 0 Å². The van der Waals surface area contributed by atoms with Gasteiger partial charge in [-0.3, -0.25) is 44.1 Å². The highest BCUT2D eigenvalue weighted by molar-refractivity contribution is 6.04. The van der Waals surface area contributed by atoms with Gasteiger partial charge in [-0.2, -0.15) is 10.2 Å². The van der Waals surface area contributed by atoms with E-state index in [0.29, 0.717) is 76.1 Å². The summed E-state index contributed by atoms with van der Waals surface area (Å²) < 4.78 is 19.3. The molecule has 67 heavy (non-hydrogen) atoms. The molecule has 0 atom stereocenters. The second kappa shape index (κ2) is 23.6. The number of ether oxygens (including phenoxy) is 2. The number of primary amides is 2. The van der Waals surface area contributed by atoms with Crippen molar-refractivity contribution in [3.05, 3.63) is 82.5 Å². The number of hydrazine groups is 1. The quantitative estimate of drug-likeness (QED) is 0.0229. The number of carbonyl (C=O) groups is 5. The first kappa shape index (κ1) is 53.8. The van der Waals surface area contributed by atoms with E-state index in [0.717, 1.165) is 18.5 Å². The highest BCUT2D eigenvalue weighted by atomic mass is 16.5. The van der Waals surface area contributed by atoms with Crippen molar-refractivity contribution in [3.63, 3.8) is 0 Å². The fourth-order valence-corrected chi connectivity index (χ4v) is 6.46. The van der Waals surface area contributed by atoms with Crippen LogP contribution in [-0.4, -0.2) is 88.8 Å². The van der Waals surface area contributed by atoms with Gasteiger partial charge in [0.1, 0.15) is 39.5 Å². The second-order valence-corrected chi connectivity index (χ2v) is 16.2. The number of nitrogens with two attached hydrogens (primary N) is 3. The molecule has 362 valence electrons. The van der Waals surface area contributed by atoms with Gasteiger partial charge in [-0.1, -0.05) is 46.8 Å². The number of rotatable bonds is 16. The van der Waals surface area contributed by atoms with Crippen molar-refractivity contribution in [1.82, 2.24) is 44.1 Å². The Hall–Kier alpha value is -7.55. The normalized spacial score (nSPS) is 11.1. The van der Waals surface area contributed by atoms with E-state index in [1.165, 1.54) is 7.11 Å². The molecule has 21 heteroatoms. The van der Waals surface area contributed by atoms with Gasteiger partial charge in [-0.15, -0.1) is 0 Å². The Kier molecular flexibility index (Phi) is 18.9. The predicted molar refractivity (Wildman–Crippen MR) is 259 cm³/mol. The maximum Gasteiger partial charge on any atom is 0.276 e. The van der Waals surface area contributed by atoms with Gasteiger partial charge < -0.3 is 35.4 Å². The molecule has 6 rings (SSSR count). The largest absolute Gasteiger partial charge is 0.494 e. The van der Waals surface area contributed by atoms with Crippen LogP contribution in [0.25, 0.3) is 22.1 Å². The van der Waals surface area contributed by atoms with Gasteiger partial charge in [0, 0.05) is 49.8 Å². The summed E-state index contributed by atoms with van der Waals surface area (Å²) in [4.78, 5) is 66.6. The topological polar surface area (TPSA) is 289 Å². The van der Waals surface area contributed by atoms with Crippen molar-refractivity contribution in [3.8, 4) is 11.5 Å². The number of allylic oxidation sites excluding steroid dienone is 2. The molecule has 0 aliphatic rings. The maximum atomic E-state index is 13.5. The van der Waals surface area contributed by atoms with E-state index in [9.17, 15) is 19.2 Å². The standard InChI is InChI=1S/C36H46N10O5.C7H10N2O.C2H6.CH4N2O/c1-10-46-25(15-20(2)43-46)32(49)42-34-41-23-16-21(30(37)47)18-26(50-9)28(23)45(34)14-12-11-13-44-29-24(40-33(44)39-8)17-22(31(38)48)19-27(29)51-36(6,7)35(3,4)5;1-3-9-7(5-10)4-6(2)8-9;1-2;2-3-1-4/h11-12,15-19H,10,13-14H2,1-9H3,(H2,37,47)(H2,38,48)(H,39,40)(H,41,42,49);4-5H,3H2,1-2H3;1-2H3;1H,2H2,(H,3,4)/b12-11+;;;. The van der Waals surface area contributed by atoms with Crippen LogP contribution in [0.2, 0.25) is 0 Å². The van der Waals surface area contributed by atoms with Crippen LogP contribution >= 0.6 is 0 Å². The Labute approximate surface area is 390 Å². The van der Waals surface area contributed by atoms with Crippen molar-refractivity contribution in [2.45, 2.75) is 108 Å². The molecule has 0 saturated heterocycles. The summed E-state index contributed by atoms with van der Waals surface area (Å²) in [6.07, 6.45) is 5.09. The number of hydrogen-bond acceptors (Lipinski definition) is 13. The molecular weight excluding hydrogens is 861 g/mol. The maximum absolute atomic E-state index is 13.5. The predicted octanol–water partition coefficient (Wildman–Crippen LogP) is 5.53. The number of amides is 4. The molecule has 4 heterocycles. The lowest BCUT2D eigenvalue weighted by Gasteiger charge is -2.39. The fourth-order valence-electron chi connectivity index (χ4n) is 6.46. The first-order valence-corrected chi connectivity index (χ1v) is 21.7. The van der Waals surface area contributed by atoms with Crippen LogP contribution in [0.3, 0.4) is 0 Å². The first-order valence-electron chi connectivity index (χ1n) is 21.7. The number of imidazole rings is 2. The van der Waals surface area contributed by atoms with Gasteiger partial charge in [-0.25, -0.2) is 15.8 Å². The zero-order chi connectivity index (χ0) is 50.4. The van der Waals surface area contributed by atoms with Crippen LogP contribution in [0, 0.1) is 19.3 Å². The fraction of sp³-hybridized carbons (Fsp3) is 0.413. The smallest absolute Gasteiger partial charge is 0.276 e. The Morgan fingerprint density at radius 3 is 1.67 bits per heavy atom. The lowest BCUT2D eigenvalue weighted by atomic mass is 9.79. The molecule has 0 spiro atoms. The summed E-state index contributed by atoms with van der Waals surface area (Å²) in [6, 6.07) is 9.90. The van der Waals surface area contributed by atoms with Crippen LogP contribution in [0.1, 0.15) is 115 Å². The Bertz CT molecular complexity index is 2720. The highest BCUT2D eigenvalue weighted by Crippen LogP contribution is 2.39. The monoisotopic (exact) mass is 927 g/mol. The Morgan fingerprint density at radius 1 is 0.746 bits per heavy atom. The number of nitrogens with one attached hydrogen (secondary N) is 3. The van der Waals surface area contributed by atoms with Crippen molar-refractivity contribution in [2.24, 2.45) is 22.7 Å². The molecule has 4 amide bonds. The summed E-state index contributed by atoms with van der Waals surface area (Å²) in [6.45, 7) is 23.7. The molecule has 0 fully saturated rings. The van der Waals surface area contributed by atoms with E-state index in [4.69, 9.17) is 30.7 Å². The van der Waals surface area contributed by atoms with E-state index < -0.39 is 23.3 Å². The molecule has 2 aromatic carbocycles. The van der Waals surface area contributed by atoms with E-state index in [1.807, 2.05) is 72.1 Å². The Balaban J connectivity index is 0.000000634. The summed E-state index contributed by atoms with van der Waals surface area (Å²) in [7, 11) is 3.25. The summed E-state index contributed by atoms with van der Waals surface area (Å²) in [5, 5.41) is 14.5. The molecular formula is C46H66N14O7. The molecule has 4 aromatic heterocycles. The number of aryl methyl sites for hydroxylation is 4. The average Bonchev–Trinajstić information content (AvgIpc) is 4.06. The van der Waals surface area contributed by atoms with Crippen LogP contribution in [0.15, 0.2) is 48.6 Å². The van der Waals surface area contributed by atoms with Crippen LogP contribution in [-0.2, 0) is 31.0 Å². The van der Waals surface area contributed by atoms with Gasteiger partial charge in [0.15, 0.2) is 6.29 Å². The van der Waals surface area contributed by atoms with E-state index in [1.54, 1.807) is 62.8 Å². The van der Waals surface area contributed by atoms with E-state index in [2.05, 4.69) is 52.4 Å². The number of benzene rings is 2. The number of nitrogens with zero attached hydrogens (tertiary/aromatic N) is 8. The Morgan fingerprint density at radius 2 is 1.22 bits per heavy atom. The second-order valence-electron chi connectivity index (χ2n) is 16.2. The number of fused-ring (bicyclic) bond motifs is 2. The zero-order valence-electron chi connectivity index (χ0n) is 40.8. The number of aldehydes is 1. The number of hydrogen-bond donors (Lipinski definition) is 6. The molecule has 0 saturated carbocycles. The summed E-state index contributed by atoms with van der Waals surface area (Å²) >= 11 is 0. The average molecular weight is 927 g/mol. The third-order valence-electron chi connectivity index (χ3n) is 10.6. The number of methoxy groups -OCH3 is 1. The van der Waals surface area contributed by atoms with Crippen molar-refractivity contribution in [2.75, 3.05) is 24.8 Å². The minimum absolute atomic E-state index is 0.218. The van der Waals surface area contributed by atoms with Crippen molar-refractivity contribution >= 4 is 64.4 Å². The van der Waals surface area contributed by atoms with Crippen molar-refractivity contribution < 1.29 is 33.4 Å². The summed E-state index contributed by atoms with van der Waals surface area (Å²) in [5.41, 5.74) is 17.5. The molecule has 6 aromatic rings. The zero-order valence-corrected chi connectivity index (χ0v) is 40.8. The van der Waals surface area contributed by atoms with E-state index >= 15 is 0 Å². The third kappa shape index (κ3) is 12.8. The number of anilines is 2. The first-order chi connectivity index (χ1) is 31.7. The van der Waals surface area contributed by atoms with Gasteiger partial charge in [0.2, 0.25) is 30.1 Å². The molecule has 21 nitrogen and oxygen atoms in total. The molecule has 0 unspecified atom stereocenters. The summed E-state index contributed by atoms with van der Waals surface area (Å²) in [5.74, 6) is 4.43. The minimum Gasteiger partial charge on any atom is -0.494 e. The lowest BCUT2D eigenvalue weighted by Crippen LogP contribution is -2.42. The molecule has 0 aliphatic carbocycles. The molecule has 0 aliphatic heterocycles. The van der Waals surface area contributed by atoms with Gasteiger partial charge in [0.05, 0.1) is 29.5 Å². The van der Waals surface area contributed by atoms with Gasteiger partial charge in [0.25, 0.3) is 5.91 Å².